The average molecular weight is 252 g/mol. The van der Waals surface area contributed by atoms with E-state index in [1.165, 1.54) is 0 Å². The fourth-order valence-electron chi connectivity index (χ4n) is 2.54. The van der Waals surface area contributed by atoms with E-state index < -0.39 is 0 Å². The van der Waals surface area contributed by atoms with Gasteiger partial charge in [-0.05, 0) is 43.6 Å². The highest BCUT2D eigenvalue weighted by Gasteiger charge is 2.14. The molecule has 0 saturated heterocycles. The van der Waals surface area contributed by atoms with E-state index in [1.807, 2.05) is 0 Å². The number of rotatable bonds is 8. The minimum atomic E-state index is 0.260. The van der Waals surface area contributed by atoms with Crippen LogP contribution in [-0.2, 0) is 6.42 Å². The monoisotopic (exact) mass is 252 g/mol. The highest BCUT2D eigenvalue weighted by atomic mass is 16.3. The maximum Gasteiger partial charge on any atom is 0.0628 e. The second-order valence-corrected chi connectivity index (χ2v) is 5.64. The van der Waals surface area contributed by atoms with Crippen LogP contribution in [0.15, 0.2) is 12.3 Å². The molecule has 3 heteroatoms. The van der Waals surface area contributed by atoms with Gasteiger partial charge in [0.25, 0.3) is 0 Å². The molecule has 1 unspecified atom stereocenters. The van der Waals surface area contributed by atoms with Crippen molar-refractivity contribution in [3.63, 3.8) is 0 Å². The first-order valence-corrected chi connectivity index (χ1v) is 7.25. The van der Waals surface area contributed by atoms with E-state index in [1.54, 1.807) is 0 Å². The number of aliphatic hydroxyl groups is 1. The van der Waals surface area contributed by atoms with Crippen LogP contribution in [0.2, 0.25) is 0 Å². The number of nitrogens with zero attached hydrogens (tertiary/aromatic N) is 2. The molecule has 0 fully saturated rings. The summed E-state index contributed by atoms with van der Waals surface area (Å²) in [7, 11) is 0. The Balaban J connectivity index is 2.62. The van der Waals surface area contributed by atoms with Crippen LogP contribution in [0.1, 0.15) is 58.7 Å². The maximum atomic E-state index is 9.41. The number of aromatic nitrogens is 2. The summed E-state index contributed by atoms with van der Waals surface area (Å²) in [6, 6.07) is 2.61. The first-order chi connectivity index (χ1) is 8.60. The van der Waals surface area contributed by atoms with Crippen molar-refractivity contribution in [3.05, 3.63) is 18.0 Å². The van der Waals surface area contributed by atoms with Gasteiger partial charge >= 0.3 is 0 Å². The van der Waals surface area contributed by atoms with Gasteiger partial charge in [-0.2, -0.15) is 5.10 Å². The standard InChI is InChI=1S/C15H28N2O/c1-5-15(6-2)17-8-7-14(16-17)10-13(11-18)9-12(3)4/h7-8,12-13,15,18H,5-6,9-11H2,1-4H3. The second kappa shape index (κ2) is 7.57. The quantitative estimate of drug-likeness (QED) is 0.769. The fourth-order valence-corrected chi connectivity index (χ4v) is 2.54. The second-order valence-electron chi connectivity index (χ2n) is 5.64. The fraction of sp³-hybridized carbons (Fsp3) is 0.800. The van der Waals surface area contributed by atoms with E-state index >= 15 is 0 Å². The lowest BCUT2D eigenvalue weighted by atomic mass is 9.94. The zero-order chi connectivity index (χ0) is 13.5. The van der Waals surface area contributed by atoms with Crippen molar-refractivity contribution in [2.75, 3.05) is 6.61 Å². The molecule has 1 atom stereocenters. The summed E-state index contributed by atoms with van der Waals surface area (Å²) >= 11 is 0. The Morgan fingerprint density at radius 1 is 1.28 bits per heavy atom. The summed E-state index contributed by atoms with van der Waals surface area (Å²) in [5.41, 5.74) is 1.11. The Morgan fingerprint density at radius 3 is 2.44 bits per heavy atom. The Bertz CT molecular complexity index is 329. The molecule has 0 aliphatic heterocycles. The Hall–Kier alpha value is -0.830. The van der Waals surface area contributed by atoms with Gasteiger partial charge in [-0.3, -0.25) is 4.68 Å². The molecule has 0 saturated carbocycles. The van der Waals surface area contributed by atoms with Gasteiger partial charge in [0.15, 0.2) is 0 Å². The third kappa shape index (κ3) is 4.45. The van der Waals surface area contributed by atoms with Crippen LogP contribution in [0.25, 0.3) is 0 Å². The summed E-state index contributed by atoms with van der Waals surface area (Å²) in [4.78, 5) is 0. The zero-order valence-corrected chi connectivity index (χ0v) is 12.3. The number of aliphatic hydroxyl groups excluding tert-OH is 1. The molecule has 18 heavy (non-hydrogen) atoms. The molecule has 0 amide bonds. The van der Waals surface area contributed by atoms with Crippen LogP contribution in [0.4, 0.5) is 0 Å². The van der Waals surface area contributed by atoms with Crippen molar-refractivity contribution in [3.8, 4) is 0 Å². The molecule has 0 aliphatic rings. The van der Waals surface area contributed by atoms with E-state index in [4.69, 9.17) is 0 Å². The van der Waals surface area contributed by atoms with Crippen molar-refractivity contribution in [1.29, 1.82) is 0 Å². The molecule has 0 spiro atoms. The predicted octanol–water partition coefficient (Wildman–Crippen LogP) is 3.44. The molecule has 1 heterocycles. The Morgan fingerprint density at radius 2 is 1.94 bits per heavy atom. The highest BCUT2D eigenvalue weighted by molar-refractivity contribution is 5.01. The molecule has 1 rings (SSSR count). The molecule has 0 radical (unpaired) electrons. The molecule has 3 nitrogen and oxygen atoms in total. The minimum absolute atomic E-state index is 0.260. The Labute approximate surface area is 111 Å². The van der Waals surface area contributed by atoms with Crippen LogP contribution < -0.4 is 0 Å². The third-order valence-electron chi connectivity index (χ3n) is 3.54. The topological polar surface area (TPSA) is 38.0 Å². The number of hydrogen-bond donors (Lipinski definition) is 1. The molecule has 0 aliphatic carbocycles. The SMILES string of the molecule is CCC(CC)n1ccc(CC(CO)CC(C)C)n1. The summed E-state index contributed by atoms with van der Waals surface area (Å²) in [6.45, 7) is 9.06. The lowest BCUT2D eigenvalue weighted by Gasteiger charge is -2.15. The molecule has 0 aromatic carbocycles. The first kappa shape index (κ1) is 15.2. The van der Waals surface area contributed by atoms with Crippen LogP contribution in [0.5, 0.6) is 0 Å². The smallest absolute Gasteiger partial charge is 0.0628 e. The van der Waals surface area contributed by atoms with Gasteiger partial charge in [0.1, 0.15) is 0 Å². The predicted molar refractivity (Wildman–Crippen MR) is 75.6 cm³/mol. The van der Waals surface area contributed by atoms with Gasteiger partial charge in [-0.1, -0.05) is 27.7 Å². The van der Waals surface area contributed by atoms with Crippen molar-refractivity contribution in [1.82, 2.24) is 9.78 Å². The largest absolute Gasteiger partial charge is 0.396 e. The average Bonchev–Trinajstić information content (AvgIpc) is 2.78. The minimum Gasteiger partial charge on any atom is -0.396 e. The lowest BCUT2D eigenvalue weighted by molar-refractivity contribution is 0.204. The van der Waals surface area contributed by atoms with E-state index in [9.17, 15) is 5.11 Å². The molecule has 104 valence electrons. The summed E-state index contributed by atoms with van der Waals surface area (Å²) in [5, 5.41) is 14.1. The van der Waals surface area contributed by atoms with Crippen molar-refractivity contribution in [2.24, 2.45) is 11.8 Å². The Kier molecular flexibility index (Phi) is 6.41. The van der Waals surface area contributed by atoms with Gasteiger partial charge < -0.3 is 5.11 Å². The van der Waals surface area contributed by atoms with E-state index in [-0.39, 0.29) is 6.61 Å². The molecular formula is C15H28N2O. The van der Waals surface area contributed by atoms with Crippen LogP contribution >= 0.6 is 0 Å². The van der Waals surface area contributed by atoms with Crippen molar-refractivity contribution < 1.29 is 5.11 Å². The van der Waals surface area contributed by atoms with E-state index in [0.29, 0.717) is 17.9 Å². The molecule has 0 bridgehead atoms. The number of hydrogen-bond acceptors (Lipinski definition) is 2. The zero-order valence-electron chi connectivity index (χ0n) is 12.3. The van der Waals surface area contributed by atoms with Crippen LogP contribution in [-0.4, -0.2) is 21.5 Å². The molecular weight excluding hydrogens is 224 g/mol. The van der Waals surface area contributed by atoms with Gasteiger partial charge in [0.2, 0.25) is 0 Å². The lowest BCUT2D eigenvalue weighted by Crippen LogP contribution is -2.14. The van der Waals surface area contributed by atoms with E-state index in [0.717, 1.165) is 31.4 Å². The molecule has 1 aromatic heterocycles. The van der Waals surface area contributed by atoms with Gasteiger partial charge in [-0.15, -0.1) is 0 Å². The van der Waals surface area contributed by atoms with Crippen LogP contribution in [0, 0.1) is 11.8 Å². The van der Waals surface area contributed by atoms with Crippen molar-refractivity contribution >= 4 is 0 Å². The van der Waals surface area contributed by atoms with Crippen LogP contribution in [0.3, 0.4) is 0 Å². The van der Waals surface area contributed by atoms with Gasteiger partial charge in [0, 0.05) is 12.8 Å². The van der Waals surface area contributed by atoms with Gasteiger partial charge in [-0.25, -0.2) is 0 Å². The summed E-state index contributed by atoms with van der Waals surface area (Å²) < 4.78 is 2.08. The van der Waals surface area contributed by atoms with Crippen molar-refractivity contribution in [2.45, 2.75) is 59.4 Å². The summed E-state index contributed by atoms with van der Waals surface area (Å²) in [5.74, 6) is 0.971. The normalized spacial score (nSPS) is 13.5. The van der Waals surface area contributed by atoms with E-state index in [2.05, 4.69) is 49.7 Å². The first-order valence-electron chi connectivity index (χ1n) is 7.25. The molecule has 1 aromatic rings. The van der Waals surface area contributed by atoms with Gasteiger partial charge in [0.05, 0.1) is 11.7 Å². The summed E-state index contributed by atoms with van der Waals surface area (Å²) in [6.07, 6.45) is 6.27. The molecule has 1 N–H and O–H groups in total. The maximum absolute atomic E-state index is 9.41. The highest BCUT2D eigenvalue weighted by Crippen LogP contribution is 2.18. The third-order valence-corrected chi connectivity index (χ3v) is 3.54.